The normalized spacial score (nSPS) is 9.95. The van der Waals surface area contributed by atoms with E-state index in [0.717, 1.165) is 17.7 Å². The highest BCUT2D eigenvalue weighted by Gasteiger charge is 2.10. The van der Waals surface area contributed by atoms with Crippen molar-refractivity contribution in [2.24, 2.45) is 0 Å². The van der Waals surface area contributed by atoms with Crippen LogP contribution in [-0.4, -0.2) is 0 Å². The number of nitrogen functional groups attached to an aromatic ring is 1. The van der Waals surface area contributed by atoms with E-state index in [0.29, 0.717) is 12.1 Å². The van der Waals surface area contributed by atoms with E-state index in [1.54, 1.807) is 24.3 Å². The summed E-state index contributed by atoms with van der Waals surface area (Å²) in [5.74, 6) is -1.50. The van der Waals surface area contributed by atoms with Gasteiger partial charge in [0.15, 0.2) is 11.6 Å². The molecule has 3 nitrogen and oxygen atoms in total. The van der Waals surface area contributed by atoms with Crippen LogP contribution in [0.1, 0.15) is 5.56 Å². The minimum absolute atomic E-state index is 0.0323. The van der Waals surface area contributed by atoms with Crippen LogP contribution in [0.4, 0.5) is 25.8 Å². The first kappa shape index (κ1) is 12.8. The topological polar surface area (TPSA) is 61.8 Å². The van der Waals surface area contributed by atoms with Crippen LogP contribution in [0.15, 0.2) is 36.4 Å². The SMILES string of the molecule is N#CCc1ccc(Nc2c(F)cc(N)cc2F)cc1. The zero-order valence-corrected chi connectivity index (χ0v) is 9.95. The summed E-state index contributed by atoms with van der Waals surface area (Å²) in [6.07, 6.45) is 0.297. The van der Waals surface area contributed by atoms with Crippen molar-refractivity contribution in [1.29, 1.82) is 5.26 Å². The predicted molar refractivity (Wildman–Crippen MR) is 69.8 cm³/mol. The average Bonchev–Trinajstić information content (AvgIpc) is 2.36. The first-order valence-electron chi connectivity index (χ1n) is 5.57. The fraction of sp³-hybridized carbons (Fsp3) is 0.0714. The second-order valence-electron chi connectivity index (χ2n) is 4.02. The van der Waals surface area contributed by atoms with E-state index in [2.05, 4.69) is 5.32 Å². The van der Waals surface area contributed by atoms with Gasteiger partial charge in [0, 0.05) is 11.4 Å². The van der Waals surface area contributed by atoms with Crippen LogP contribution in [0, 0.1) is 23.0 Å². The molecule has 3 N–H and O–H groups in total. The van der Waals surface area contributed by atoms with Crippen LogP contribution >= 0.6 is 0 Å². The molecule has 2 aromatic carbocycles. The number of nitrogens with zero attached hydrogens (tertiary/aromatic N) is 1. The quantitative estimate of drug-likeness (QED) is 0.831. The molecule has 0 unspecified atom stereocenters. The highest BCUT2D eigenvalue weighted by Crippen LogP contribution is 2.25. The second kappa shape index (κ2) is 5.36. The maximum absolute atomic E-state index is 13.6. The third-order valence-corrected chi connectivity index (χ3v) is 2.57. The molecule has 19 heavy (non-hydrogen) atoms. The first-order chi connectivity index (χ1) is 9.10. The predicted octanol–water partition coefficient (Wildman–Crippen LogP) is 3.36. The van der Waals surface area contributed by atoms with Crippen molar-refractivity contribution >= 4 is 17.1 Å². The Kier molecular flexibility index (Phi) is 3.62. The van der Waals surface area contributed by atoms with Gasteiger partial charge in [-0.3, -0.25) is 0 Å². The zero-order chi connectivity index (χ0) is 13.8. The Morgan fingerprint density at radius 1 is 1.11 bits per heavy atom. The minimum atomic E-state index is -0.751. The number of nitrogens with one attached hydrogen (secondary N) is 1. The molecule has 0 saturated carbocycles. The van der Waals surface area contributed by atoms with E-state index in [-0.39, 0.29) is 11.4 Å². The smallest absolute Gasteiger partial charge is 0.151 e. The highest BCUT2D eigenvalue weighted by molar-refractivity contribution is 5.63. The van der Waals surface area contributed by atoms with Crippen molar-refractivity contribution in [3.63, 3.8) is 0 Å². The lowest BCUT2D eigenvalue weighted by atomic mass is 10.1. The van der Waals surface area contributed by atoms with Crippen LogP contribution < -0.4 is 11.1 Å². The molecule has 0 saturated heterocycles. The van der Waals surface area contributed by atoms with Crippen molar-refractivity contribution < 1.29 is 8.78 Å². The maximum atomic E-state index is 13.6. The molecular formula is C14H11F2N3. The molecule has 0 spiro atoms. The van der Waals surface area contributed by atoms with E-state index in [1.165, 1.54) is 0 Å². The van der Waals surface area contributed by atoms with Gasteiger partial charge in [-0.05, 0) is 29.8 Å². The number of hydrogen-bond donors (Lipinski definition) is 2. The maximum Gasteiger partial charge on any atom is 0.151 e. The molecule has 2 rings (SSSR count). The summed E-state index contributed by atoms with van der Waals surface area (Å²) in [6, 6.07) is 10.9. The van der Waals surface area contributed by atoms with Gasteiger partial charge in [-0.15, -0.1) is 0 Å². The van der Waals surface area contributed by atoms with E-state index in [4.69, 9.17) is 11.0 Å². The molecule has 0 aliphatic carbocycles. The fourth-order valence-electron chi connectivity index (χ4n) is 1.65. The molecule has 0 aliphatic heterocycles. The molecule has 0 aliphatic rings. The van der Waals surface area contributed by atoms with Gasteiger partial charge in [0.1, 0.15) is 5.69 Å². The Morgan fingerprint density at radius 2 is 1.68 bits per heavy atom. The molecule has 0 fully saturated rings. The highest BCUT2D eigenvalue weighted by atomic mass is 19.1. The lowest BCUT2D eigenvalue weighted by Crippen LogP contribution is -1.99. The van der Waals surface area contributed by atoms with Crippen molar-refractivity contribution in [2.75, 3.05) is 11.1 Å². The van der Waals surface area contributed by atoms with E-state index in [9.17, 15) is 8.78 Å². The Balaban J connectivity index is 2.24. The number of halogens is 2. The Morgan fingerprint density at radius 3 is 2.21 bits per heavy atom. The minimum Gasteiger partial charge on any atom is -0.399 e. The molecule has 0 atom stereocenters. The molecule has 0 bridgehead atoms. The van der Waals surface area contributed by atoms with Crippen molar-refractivity contribution in [2.45, 2.75) is 6.42 Å². The summed E-state index contributed by atoms with van der Waals surface area (Å²) < 4.78 is 27.1. The molecule has 0 heterocycles. The van der Waals surface area contributed by atoms with Crippen LogP contribution in [0.2, 0.25) is 0 Å². The number of anilines is 3. The number of rotatable bonds is 3. The standard InChI is InChI=1S/C14H11F2N3/c15-12-7-10(18)8-13(16)14(12)19-11-3-1-9(2-4-11)5-6-17/h1-4,7-8,19H,5,18H2. The fourth-order valence-corrected chi connectivity index (χ4v) is 1.65. The van der Waals surface area contributed by atoms with Crippen LogP contribution in [0.25, 0.3) is 0 Å². The van der Waals surface area contributed by atoms with Gasteiger partial charge in [-0.25, -0.2) is 8.78 Å². The zero-order valence-electron chi connectivity index (χ0n) is 9.95. The molecule has 0 aromatic heterocycles. The third-order valence-electron chi connectivity index (χ3n) is 2.57. The Hall–Kier alpha value is -2.61. The van der Waals surface area contributed by atoms with Crippen molar-refractivity contribution in [3.05, 3.63) is 53.6 Å². The van der Waals surface area contributed by atoms with Gasteiger partial charge in [0.05, 0.1) is 12.5 Å². The molecule has 0 radical (unpaired) electrons. The van der Waals surface area contributed by atoms with Gasteiger partial charge in [0.2, 0.25) is 0 Å². The van der Waals surface area contributed by atoms with Crippen LogP contribution in [0.5, 0.6) is 0 Å². The van der Waals surface area contributed by atoms with Gasteiger partial charge in [-0.2, -0.15) is 5.26 Å². The van der Waals surface area contributed by atoms with Gasteiger partial charge in [0.25, 0.3) is 0 Å². The number of nitriles is 1. The lowest BCUT2D eigenvalue weighted by molar-refractivity contribution is 0.592. The van der Waals surface area contributed by atoms with Crippen molar-refractivity contribution in [3.8, 4) is 6.07 Å². The van der Waals surface area contributed by atoms with Crippen LogP contribution in [0.3, 0.4) is 0 Å². The number of hydrogen-bond acceptors (Lipinski definition) is 3. The summed E-state index contributed by atoms with van der Waals surface area (Å²) in [5, 5.41) is 11.2. The van der Waals surface area contributed by atoms with Crippen molar-refractivity contribution in [1.82, 2.24) is 0 Å². The summed E-state index contributed by atoms with van der Waals surface area (Å²) in [6.45, 7) is 0. The molecule has 0 amide bonds. The summed E-state index contributed by atoms with van der Waals surface area (Å²) in [4.78, 5) is 0. The van der Waals surface area contributed by atoms with Gasteiger partial charge in [-0.1, -0.05) is 12.1 Å². The average molecular weight is 259 g/mol. The summed E-state index contributed by atoms with van der Waals surface area (Å²) in [7, 11) is 0. The van der Waals surface area contributed by atoms with Crippen LogP contribution in [-0.2, 0) is 6.42 Å². The van der Waals surface area contributed by atoms with Gasteiger partial charge >= 0.3 is 0 Å². The lowest BCUT2D eigenvalue weighted by Gasteiger charge is -2.10. The number of benzene rings is 2. The summed E-state index contributed by atoms with van der Waals surface area (Å²) >= 11 is 0. The molecular weight excluding hydrogens is 248 g/mol. The first-order valence-corrected chi connectivity index (χ1v) is 5.57. The molecule has 96 valence electrons. The number of nitrogens with two attached hydrogens (primary N) is 1. The second-order valence-corrected chi connectivity index (χ2v) is 4.02. The largest absolute Gasteiger partial charge is 0.399 e. The van der Waals surface area contributed by atoms with E-state index >= 15 is 0 Å². The summed E-state index contributed by atoms with van der Waals surface area (Å²) in [5.41, 5.74) is 6.49. The molecule has 5 heteroatoms. The third kappa shape index (κ3) is 2.99. The van der Waals surface area contributed by atoms with E-state index in [1.807, 2.05) is 6.07 Å². The van der Waals surface area contributed by atoms with Gasteiger partial charge < -0.3 is 11.1 Å². The Labute approximate surface area is 109 Å². The van der Waals surface area contributed by atoms with E-state index < -0.39 is 11.6 Å². The monoisotopic (exact) mass is 259 g/mol. The Bertz CT molecular complexity index is 607. The molecule has 2 aromatic rings.